The van der Waals surface area contributed by atoms with Crippen LogP contribution in [0.25, 0.3) is 0 Å². The molecule has 0 bridgehead atoms. The Morgan fingerprint density at radius 3 is 2.67 bits per heavy atom. The SMILES string of the molecule is CC(C)N1CCOC(C(O)c2ccccc2C2CCC2)C1. The van der Waals surface area contributed by atoms with E-state index in [0.717, 1.165) is 18.7 Å². The molecule has 0 amide bonds. The lowest BCUT2D eigenvalue weighted by Gasteiger charge is -2.38. The molecule has 3 heteroatoms. The molecule has 1 saturated carbocycles. The maximum atomic E-state index is 10.8. The van der Waals surface area contributed by atoms with Crippen molar-refractivity contribution in [2.75, 3.05) is 19.7 Å². The summed E-state index contributed by atoms with van der Waals surface area (Å²) in [7, 11) is 0. The van der Waals surface area contributed by atoms with E-state index in [-0.39, 0.29) is 6.10 Å². The molecule has 1 aliphatic carbocycles. The molecule has 0 radical (unpaired) electrons. The number of aliphatic hydroxyl groups excluding tert-OH is 1. The molecule has 2 unspecified atom stereocenters. The van der Waals surface area contributed by atoms with E-state index in [9.17, 15) is 5.11 Å². The molecule has 2 atom stereocenters. The first-order valence-electron chi connectivity index (χ1n) is 8.29. The third-order valence-electron chi connectivity index (χ3n) is 5.07. The highest BCUT2D eigenvalue weighted by Gasteiger charge is 2.32. The van der Waals surface area contributed by atoms with Crippen molar-refractivity contribution in [1.82, 2.24) is 4.90 Å². The van der Waals surface area contributed by atoms with Gasteiger partial charge in [0.15, 0.2) is 0 Å². The minimum atomic E-state index is -0.511. The van der Waals surface area contributed by atoms with Crippen molar-refractivity contribution in [2.45, 2.75) is 57.3 Å². The summed E-state index contributed by atoms with van der Waals surface area (Å²) in [5.74, 6) is 0.639. The zero-order valence-electron chi connectivity index (χ0n) is 13.2. The van der Waals surface area contributed by atoms with Crippen LogP contribution in [0, 0.1) is 0 Å². The first-order valence-corrected chi connectivity index (χ1v) is 8.29. The first kappa shape index (κ1) is 15.0. The standard InChI is InChI=1S/C18H27NO2/c1-13(2)19-10-11-21-17(12-19)18(20)16-9-4-3-8-15(16)14-6-5-7-14/h3-4,8-9,13-14,17-18,20H,5-7,10-12H2,1-2H3. The van der Waals surface area contributed by atoms with Gasteiger partial charge in [-0.1, -0.05) is 30.7 Å². The maximum Gasteiger partial charge on any atom is 0.107 e. The molecule has 1 aromatic rings. The lowest BCUT2D eigenvalue weighted by Crippen LogP contribution is -2.48. The van der Waals surface area contributed by atoms with E-state index < -0.39 is 6.10 Å². The smallest absolute Gasteiger partial charge is 0.107 e. The van der Waals surface area contributed by atoms with Crippen LogP contribution in [0.3, 0.4) is 0 Å². The monoisotopic (exact) mass is 289 g/mol. The zero-order valence-corrected chi connectivity index (χ0v) is 13.2. The summed E-state index contributed by atoms with van der Waals surface area (Å²) in [6, 6.07) is 8.89. The zero-order chi connectivity index (χ0) is 14.8. The van der Waals surface area contributed by atoms with Crippen LogP contribution < -0.4 is 0 Å². The second-order valence-corrected chi connectivity index (χ2v) is 6.70. The van der Waals surface area contributed by atoms with Crippen LogP contribution in [0.5, 0.6) is 0 Å². The summed E-state index contributed by atoms with van der Waals surface area (Å²) in [5.41, 5.74) is 2.42. The molecule has 116 valence electrons. The first-order chi connectivity index (χ1) is 10.2. The Morgan fingerprint density at radius 1 is 1.24 bits per heavy atom. The fourth-order valence-corrected chi connectivity index (χ4v) is 3.43. The molecule has 21 heavy (non-hydrogen) atoms. The van der Waals surface area contributed by atoms with Gasteiger partial charge in [-0.05, 0) is 43.7 Å². The Balaban J connectivity index is 1.76. The number of hydrogen-bond acceptors (Lipinski definition) is 3. The fraction of sp³-hybridized carbons (Fsp3) is 0.667. The van der Waals surface area contributed by atoms with E-state index in [1.165, 1.54) is 24.8 Å². The van der Waals surface area contributed by atoms with Gasteiger partial charge in [0.1, 0.15) is 12.2 Å². The largest absolute Gasteiger partial charge is 0.386 e. The predicted molar refractivity (Wildman–Crippen MR) is 84.4 cm³/mol. The van der Waals surface area contributed by atoms with Gasteiger partial charge in [-0.3, -0.25) is 4.90 Å². The number of rotatable bonds is 4. The van der Waals surface area contributed by atoms with E-state index in [0.29, 0.717) is 18.6 Å². The summed E-state index contributed by atoms with van der Waals surface area (Å²) in [5, 5.41) is 10.8. The van der Waals surface area contributed by atoms with Crippen molar-refractivity contribution in [2.24, 2.45) is 0 Å². The van der Waals surface area contributed by atoms with Crippen molar-refractivity contribution < 1.29 is 9.84 Å². The molecule has 3 nitrogen and oxygen atoms in total. The molecule has 1 aromatic carbocycles. The predicted octanol–water partition coefficient (Wildman–Crippen LogP) is 3.10. The highest BCUT2D eigenvalue weighted by Crippen LogP contribution is 2.40. The van der Waals surface area contributed by atoms with Gasteiger partial charge >= 0.3 is 0 Å². The molecule has 0 spiro atoms. The number of aliphatic hydroxyl groups is 1. The number of hydrogen-bond donors (Lipinski definition) is 1. The Hall–Kier alpha value is -0.900. The number of ether oxygens (including phenoxy) is 1. The summed E-state index contributed by atoms with van der Waals surface area (Å²) in [6.45, 7) is 6.91. The van der Waals surface area contributed by atoms with Crippen molar-refractivity contribution >= 4 is 0 Å². The summed E-state index contributed by atoms with van der Waals surface area (Å²) in [4.78, 5) is 2.39. The van der Waals surface area contributed by atoms with Crippen molar-refractivity contribution in [1.29, 1.82) is 0 Å². The molecule has 1 N–H and O–H groups in total. The molecule has 2 fully saturated rings. The summed E-state index contributed by atoms with van der Waals surface area (Å²) < 4.78 is 5.87. The second-order valence-electron chi connectivity index (χ2n) is 6.70. The quantitative estimate of drug-likeness (QED) is 0.924. The second kappa shape index (κ2) is 6.47. The number of benzene rings is 1. The van der Waals surface area contributed by atoms with Crippen molar-refractivity contribution in [3.05, 3.63) is 35.4 Å². The Labute approximate surface area is 127 Å². The van der Waals surface area contributed by atoms with Gasteiger partial charge in [-0.15, -0.1) is 0 Å². The normalized spacial score (nSPS) is 25.8. The van der Waals surface area contributed by atoms with Crippen LogP contribution in [0.1, 0.15) is 56.3 Å². The van der Waals surface area contributed by atoms with E-state index in [1.807, 2.05) is 6.07 Å². The molecule has 1 heterocycles. The highest BCUT2D eigenvalue weighted by molar-refractivity contribution is 5.34. The minimum Gasteiger partial charge on any atom is -0.386 e. The van der Waals surface area contributed by atoms with Gasteiger partial charge in [0.05, 0.1) is 6.61 Å². The lowest BCUT2D eigenvalue weighted by molar-refractivity contribution is -0.0964. The van der Waals surface area contributed by atoms with Crippen molar-refractivity contribution in [3.63, 3.8) is 0 Å². The molecular formula is C18H27NO2. The van der Waals surface area contributed by atoms with Gasteiger partial charge in [0.25, 0.3) is 0 Å². The van der Waals surface area contributed by atoms with Gasteiger partial charge < -0.3 is 9.84 Å². The van der Waals surface area contributed by atoms with Crippen LogP contribution in [0.2, 0.25) is 0 Å². The average Bonchev–Trinajstić information content (AvgIpc) is 2.45. The van der Waals surface area contributed by atoms with E-state index >= 15 is 0 Å². The van der Waals surface area contributed by atoms with Crippen LogP contribution in [0.15, 0.2) is 24.3 Å². The van der Waals surface area contributed by atoms with Crippen LogP contribution in [-0.4, -0.2) is 41.8 Å². The van der Waals surface area contributed by atoms with Crippen LogP contribution in [0.4, 0.5) is 0 Å². The average molecular weight is 289 g/mol. The van der Waals surface area contributed by atoms with Crippen LogP contribution in [-0.2, 0) is 4.74 Å². The maximum absolute atomic E-state index is 10.8. The third-order valence-corrected chi connectivity index (χ3v) is 5.07. The molecule has 0 aromatic heterocycles. The molecule has 3 rings (SSSR count). The van der Waals surface area contributed by atoms with Crippen LogP contribution >= 0.6 is 0 Å². The Bertz CT molecular complexity index is 470. The third kappa shape index (κ3) is 3.15. The Kier molecular flexibility index (Phi) is 4.63. The van der Waals surface area contributed by atoms with Gasteiger partial charge in [-0.2, -0.15) is 0 Å². The van der Waals surface area contributed by atoms with E-state index in [4.69, 9.17) is 4.74 Å². The minimum absolute atomic E-state index is 0.109. The topological polar surface area (TPSA) is 32.7 Å². The van der Waals surface area contributed by atoms with Crippen molar-refractivity contribution in [3.8, 4) is 0 Å². The Morgan fingerprint density at radius 2 is 2.00 bits per heavy atom. The van der Waals surface area contributed by atoms with E-state index in [2.05, 4.69) is 36.9 Å². The summed E-state index contributed by atoms with van der Waals surface area (Å²) in [6.07, 6.45) is 3.21. The fourth-order valence-electron chi connectivity index (χ4n) is 3.43. The van der Waals surface area contributed by atoms with E-state index in [1.54, 1.807) is 0 Å². The highest BCUT2D eigenvalue weighted by atomic mass is 16.5. The molecule has 2 aliphatic rings. The summed E-state index contributed by atoms with van der Waals surface area (Å²) >= 11 is 0. The lowest BCUT2D eigenvalue weighted by atomic mass is 9.77. The molecular weight excluding hydrogens is 262 g/mol. The molecule has 1 aliphatic heterocycles. The number of nitrogens with zero attached hydrogens (tertiary/aromatic N) is 1. The van der Waals surface area contributed by atoms with Gasteiger partial charge in [-0.25, -0.2) is 0 Å². The van der Waals surface area contributed by atoms with Gasteiger partial charge in [0.2, 0.25) is 0 Å². The number of morpholine rings is 1. The molecule has 1 saturated heterocycles. The van der Waals surface area contributed by atoms with Gasteiger partial charge in [0, 0.05) is 19.1 Å².